The second kappa shape index (κ2) is 6.74. The summed E-state index contributed by atoms with van der Waals surface area (Å²) in [6.07, 6.45) is 0. The van der Waals surface area contributed by atoms with Crippen LogP contribution in [0.4, 0.5) is 10.2 Å². The zero-order chi connectivity index (χ0) is 16.1. The molecule has 1 amide bonds. The van der Waals surface area contributed by atoms with Crippen LogP contribution in [-0.2, 0) is 4.79 Å². The molecule has 1 heterocycles. The lowest BCUT2D eigenvalue weighted by Crippen LogP contribution is -2.20. The molecule has 0 aliphatic carbocycles. The van der Waals surface area contributed by atoms with E-state index < -0.39 is 0 Å². The molecule has 0 saturated carbocycles. The van der Waals surface area contributed by atoms with E-state index in [1.54, 1.807) is 30.3 Å². The maximum Gasteiger partial charge on any atom is 0.263 e. The Balaban J connectivity index is 1.59. The molecule has 0 unspecified atom stereocenters. The van der Waals surface area contributed by atoms with Crippen LogP contribution in [0, 0.1) is 5.82 Å². The molecule has 0 bridgehead atoms. The molecule has 23 heavy (non-hydrogen) atoms. The Morgan fingerprint density at radius 3 is 2.74 bits per heavy atom. The molecule has 116 valence electrons. The van der Waals surface area contributed by atoms with Gasteiger partial charge in [-0.3, -0.25) is 9.89 Å². The molecule has 0 radical (unpaired) electrons. The highest BCUT2D eigenvalue weighted by Crippen LogP contribution is 2.20. The molecular formula is C17H14FN3O2. The standard InChI is InChI=1S/C17H14FN3O2/c18-13-6-4-5-12(9-13)15-10-16(21-20-15)19-17(22)11-23-14-7-2-1-3-8-14/h1-10H,11H2,(H2,19,20,21,22). The minimum atomic E-state index is -0.334. The maximum atomic E-state index is 13.2. The van der Waals surface area contributed by atoms with Gasteiger partial charge in [0.2, 0.25) is 0 Å². The average Bonchev–Trinajstić information content (AvgIpc) is 3.02. The zero-order valence-corrected chi connectivity index (χ0v) is 12.1. The molecule has 5 nitrogen and oxygen atoms in total. The van der Waals surface area contributed by atoms with Crippen LogP contribution >= 0.6 is 0 Å². The van der Waals surface area contributed by atoms with Gasteiger partial charge in [-0.25, -0.2) is 4.39 Å². The van der Waals surface area contributed by atoms with Crippen molar-refractivity contribution in [1.82, 2.24) is 10.2 Å². The fourth-order valence-electron chi connectivity index (χ4n) is 2.03. The molecule has 1 aromatic heterocycles. The number of hydrogen-bond donors (Lipinski definition) is 2. The van der Waals surface area contributed by atoms with Gasteiger partial charge in [-0.15, -0.1) is 0 Å². The highest BCUT2D eigenvalue weighted by molar-refractivity contribution is 5.91. The Bertz CT molecular complexity index is 802. The molecular weight excluding hydrogens is 297 g/mol. The lowest BCUT2D eigenvalue weighted by Gasteiger charge is -2.05. The first-order chi connectivity index (χ1) is 11.2. The first-order valence-corrected chi connectivity index (χ1v) is 7.00. The van der Waals surface area contributed by atoms with Gasteiger partial charge in [-0.2, -0.15) is 5.10 Å². The quantitative estimate of drug-likeness (QED) is 0.760. The summed E-state index contributed by atoms with van der Waals surface area (Å²) >= 11 is 0. The maximum absolute atomic E-state index is 13.2. The Kier molecular flexibility index (Phi) is 4.33. The number of halogens is 1. The van der Waals surface area contributed by atoms with Gasteiger partial charge >= 0.3 is 0 Å². The van der Waals surface area contributed by atoms with Gasteiger partial charge in [0.25, 0.3) is 5.91 Å². The lowest BCUT2D eigenvalue weighted by molar-refractivity contribution is -0.118. The number of ether oxygens (including phenoxy) is 1. The average molecular weight is 311 g/mol. The van der Waals surface area contributed by atoms with Gasteiger partial charge in [0.15, 0.2) is 12.4 Å². The van der Waals surface area contributed by atoms with Crippen LogP contribution in [0.15, 0.2) is 60.7 Å². The Morgan fingerprint density at radius 1 is 1.13 bits per heavy atom. The number of carbonyl (C=O) groups is 1. The van der Waals surface area contributed by atoms with Gasteiger partial charge in [0.05, 0.1) is 5.69 Å². The minimum Gasteiger partial charge on any atom is -0.484 e. The van der Waals surface area contributed by atoms with E-state index in [1.165, 1.54) is 12.1 Å². The number of benzene rings is 2. The van der Waals surface area contributed by atoms with Crippen LogP contribution in [0.1, 0.15) is 0 Å². The molecule has 3 rings (SSSR count). The molecule has 0 fully saturated rings. The van der Waals surface area contributed by atoms with Crippen molar-refractivity contribution in [3.05, 3.63) is 66.5 Å². The van der Waals surface area contributed by atoms with Crippen molar-refractivity contribution in [2.75, 3.05) is 11.9 Å². The van der Waals surface area contributed by atoms with Crippen LogP contribution in [0.25, 0.3) is 11.3 Å². The smallest absolute Gasteiger partial charge is 0.263 e. The highest BCUT2D eigenvalue weighted by atomic mass is 19.1. The Morgan fingerprint density at radius 2 is 1.96 bits per heavy atom. The number of rotatable bonds is 5. The molecule has 0 atom stereocenters. The molecule has 6 heteroatoms. The van der Waals surface area contributed by atoms with Gasteiger partial charge in [-0.05, 0) is 24.3 Å². The molecule has 0 aliphatic rings. The number of carbonyl (C=O) groups excluding carboxylic acids is 1. The number of anilines is 1. The number of amides is 1. The second-order valence-electron chi connectivity index (χ2n) is 4.83. The van der Waals surface area contributed by atoms with Gasteiger partial charge in [-0.1, -0.05) is 30.3 Å². The molecule has 0 spiro atoms. The molecule has 2 aromatic carbocycles. The summed E-state index contributed by atoms with van der Waals surface area (Å²) in [5, 5.41) is 9.36. The fraction of sp³-hybridized carbons (Fsp3) is 0.0588. The summed E-state index contributed by atoms with van der Waals surface area (Å²) in [7, 11) is 0. The predicted octanol–water partition coefficient (Wildman–Crippen LogP) is 3.23. The van der Waals surface area contributed by atoms with E-state index in [1.807, 2.05) is 18.2 Å². The predicted molar refractivity (Wildman–Crippen MR) is 84.5 cm³/mol. The summed E-state index contributed by atoms with van der Waals surface area (Å²) in [5.74, 6) is 0.307. The monoisotopic (exact) mass is 311 g/mol. The van der Waals surface area contributed by atoms with E-state index in [-0.39, 0.29) is 18.3 Å². The summed E-state index contributed by atoms with van der Waals surface area (Å²) in [4.78, 5) is 11.8. The first kappa shape index (κ1) is 14.8. The topological polar surface area (TPSA) is 67.0 Å². The summed E-state index contributed by atoms with van der Waals surface area (Å²) in [5.41, 5.74) is 1.27. The highest BCUT2D eigenvalue weighted by Gasteiger charge is 2.08. The van der Waals surface area contributed by atoms with Crippen LogP contribution in [0.5, 0.6) is 5.75 Å². The summed E-state index contributed by atoms with van der Waals surface area (Å²) in [6, 6.07) is 16.8. The number of aromatic nitrogens is 2. The minimum absolute atomic E-state index is 0.119. The molecule has 3 aromatic rings. The van der Waals surface area contributed by atoms with Crippen molar-refractivity contribution in [2.45, 2.75) is 0 Å². The van der Waals surface area contributed by atoms with Gasteiger partial charge < -0.3 is 10.1 Å². The van der Waals surface area contributed by atoms with Crippen LogP contribution in [0.3, 0.4) is 0 Å². The van der Waals surface area contributed by atoms with Crippen LogP contribution in [0.2, 0.25) is 0 Å². The molecule has 2 N–H and O–H groups in total. The van der Waals surface area contributed by atoms with Crippen molar-refractivity contribution in [2.24, 2.45) is 0 Å². The van der Waals surface area contributed by atoms with Crippen LogP contribution in [-0.4, -0.2) is 22.7 Å². The number of hydrogen-bond acceptors (Lipinski definition) is 3. The van der Waals surface area contributed by atoms with E-state index in [9.17, 15) is 9.18 Å². The zero-order valence-electron chi connectivity index (χ0n) is 12.1. The van der Waals surface area contributed by atoms with Crippen molar-refractivity contribution in [3.63, 3.8) is 0 Å². The van der Waals surface area contributed by atoms with E-state index >= 15 is 0 Å². The van der Waals surface area contributed by atoms with E-state index in [4.69, 9.17) is 4.74 Å². The molecule has 0 saturated heterocycles. The summed E-state index contributed by atoms with van der Waals surface area (Å²) < 4.78 is 18.6. The Hall–Kier alpha value is -3.15. The normalized spacial score (nSPS) is 10.3. The number of nitrogens with zero attached hydrogens (tertiary/aromatic N) is 1. The molecule has 0 aliphatic heterocycles. The number of aromatic amines is 1. The van der Waals surface area contributed by atoms with Crippen molar-refractivity contribution >= 4 is 11.7 Å². The third-order valence-corrected chi connectivity index (χ3v) is 3.09. The number of nitrogens with one attached hydrogen (secondary N) is 2. The van der Waals surface area contributed by atoms with Crippen molar-refractivity contribution in [1.29, 1.82) is 0 Å². The largest absolute Gasteiger partial charge is 0.484 e. The van der Waals surface area contributed by atoms with Gasteiger partial charge in [0.1, 0.15) is 11.6 Å². The van der Waals surface area contributed by atoms with E-state index in [0.29, 0.717) is 22.8 Å². The van der Waals surface area contributed by atoms with Gasteiger partial charge in [0, 0.05) is 11.6 Å². The Labute approximate surface area is 132 Å². The van der Waals surface area contributed by atoms with E-state index in [2.05, 4.69) is 15.5 Å². The van der Waals surface area contributed by atoms with Crippen LogP contribution < -0.4 is 10.1 Å². The van der Waals surface area contributed by atoms with Crippen molar-refractivity contribution < 1.29 is 13.9 Å². The number of H-pyrrole nitrogens is 1. The first-order valence-electron chi connectivity index (χ1n) is 7.00. The second-order valence-corrected chi connectivity index (χ2v) is 4.83. The SMILES string of the molecule is O=C(COc1ccccc1)Nc1cc(-c2cccc(F)c2)[nH]n1. The number of para-hydroxylation sites is 1. The summed E-state index contributed by atoms with van der Waals surface area (Å²) in [6.45, 7) is -0.119. The van der Waals surface area contributed by atoms with E-state index in [0.717, 1.165) is 0 Å². The van der Waals surface area contributed by atoms with Crippen molar-refractivity contribution in [3.8, 4) is 17.0 Å². The lowest BCUT2D eigenvalue weighted by atomic mass is 10.1. The fourth-order valence-corrected chi connectivity index (χ4v) is 2.03. The third kappa shape index (κ3) is 3.94. The third-order valence-electron chi connectivity index (χ3n) is 3.09.